The highest BCUT2D eigenvalue weighted by Crippen LogP contribution is 2.13. The highest BCUT2D eigenvalue weighted by molar-refractivity contribution is 6.59. The summed E-state index contributed by atoms with van der Waals surface area (Å²) in [5.74, 6) is -0.507. The minimum Gasteiger partial charge on any atom is -0.423 e. The van der Waals surface area contributed by atoms with Crippen LogP contribution in [0.4, 0.5) is 4.39 Å². The van der Waals surface area contributed by atoms with Gasteiger partial charge >= 0.3 is 7.12 Å². The summed E-state index contributed by atoms with van der Waals surface area (Å²) >= 11 is 0. The van der Waals surface area contributed by atoms with Crippen LogP contribution in [0.5, 0.6) is 0 Å². The van der Waals surface area contributed by atoms with E-state index in [1.807, 2.05) is 13.8 Å². The van der Waals surface area contributed by atoms with Gasteiger partial charge in [0.25, 0.3) is 0 Å². The molecule has 0 aliphatic carbocycles. The summed E-state index contributed by atoms with van der Waals surface area (Å²) in [5.41, 5.74) is 0.430. The number of hydrogen-bond acceptors (Lipinski definition) is 4. The summed E-state index contributed by atoms with van der Waals surface area (Å²) in [7, 11) is -0.0649. The zero-order valence-corrected chi connectivity index (χ0v) is 11.5. The molecule has 0 unspecified atom stereocenters. The van der Waals surface area contributed by atoms with Gasteiger partial charge in [-0.15, -0.1) is 0 Å². The molecule has 6 heteroatoms. The van der Waals surface area contributed by atoms with Gasteiger partial charge in [0, 0.05) is 13.7 Å². The minimum atomic E-state index is -1.70. The molecule has 0 aliphatic rings. The maximum Gasteiger partial charge on any atom is 0.488 e. The van der Waals surface area contributed by atoms with Gasteiger partial charge in [-0.05, 0) is 43.4 Å². The zero-order chi connectivity index (χ0) is 14.5. The van der Waals surface area contributed by atoms with Crippen molar-refractivity contribution < 1.29 is 23.9 Å². The van der Waals surface area contributed by atoms with Crippen LogP contribution in [0.2, 0.25) is 0 Å². The van der Waals surface area contributed by atoms with E-state index in [1.165, 1.54) is 12.1 Å². The third-order valence-corrected chi connectivity index (χ3v) is 3.04. The van der Waals surface area contributed by atoms with Crippen LogP contribution in [-0.4, -0.2) is 36.5 Å². The van der Waals surface area contributed by atoms with Crippen molar-refractivity contribution in [1.82, 2.24) is 0 Å². The van der Waals surface area contributed by atoms with Crippen molar-refractivity contribution >= 4 is 12.6 Å². The second kappa shape index (κ2) is 7.00. The molecule has 4 nitrogen and oxygen atoms in total. The second-order valence-corrected chi connectivity index (χ2v) is 4.98. The maximum atomic E-state index is 13.0. The van der Waals surface area contributed by atoms with Crippen molar-refractivity contribution in [2.45, 2.75) is 32.5 Å². The van der Waals surface area contributed by atoms with Gasteiger partial charge in [0.15, 0.2) is 0 Å². The van der Waals surface area contributed by atoms with E-state index >= 15 is 0 Å². The highest BCUT2D eigenvalue weighted by atomic mass is 19.1. The molecule has 0 saturated carbocycles. The van der Waals surface area contributed by atoms with Crippen LogP contribution >= 0.6 is 0 Å². The van der Waals surface area contributed by atoms with E-state index in [0.29, 0.717) is 18.6 Å². The number of methoxy groups -OCH3 is 1. The third-order valence-electron chi connectivity index (χ3n) is 3.04. The first-order valence-electron chi connectivity index (χ1n) is 6.13. The molecule has 0 aromatic heterocycles. The van der Waals surface area contributed by atoms with Crippen LogP contribution in [0, 0.1) is 5.82 Å². The first kappa shape index (κ1) is 16.1. The number of benzene rings is 1. The quantitative estimate of drug-likeness (QED) is 0.569. The van der Waals surface area contributed by atoms with Crippen molar-refractivity contribution in [3.8, 4) is 0 Å². The lowest BCUT2D eigenvalue weighted by Crippen LogP contribution is -2.33. The number of hydrogen-bond donors (Lipinski definition) is 2. The first-order valence-corrected chi connectivity index (χ1v) is 6.13. The van der Waals surface area contributed by atoms with Crippen LogP contribution < -0.4 is 5.46 Å². The molecule has 1 rings (SSSR count). The predicted octanol–water partition coefficient (Wildman–Crippen LogP) is 0.837. The Kier molecular flexibility index (Phi) is 5.94. The van der Waals surface area contributed by atoms with Gasteiger partial charge < -0.3 is 19.5 Å². The lowest BCUT2D eigenvalue weighted by atomic mass is 9.77. The Morgan fingerprint density at radius 3 is 2.58 bits per heavy atom. The van der Waals surface area contributed by atoms with Gasteiger partial charge in [-0.25, -0.2) is 4.39 Å². The van der Waals surface area contributed by atoms with Gasteiger partial charge in [-0.2, -0.15) is 0 Å². The van der Waals surface area contributed by atoms with Gasteiger partial charge in [0.2, 0.25) is 0 Å². The molecule has 0 atom stereocenters. The molecule has 106 valence electrons. The molecule has 0 amide bonds. The monoisotopic (exact) mass is 270 g/mol. The third kappa shape index (κ3) is 5.28. The van der Waals surface area contributed by atoms with E-state index in [0.717, 1.165) is 6.07 Å². The topological polar surface area (TPSA) is 58.9 Å². The summed E-state index contributed by atoms with van der Waals surface area (Å²) in [4.78, 5) is 0. The molecular formula is C13H20BFO4. The molecule has 2 N–H and O–H groups in total. The molecule has 1 aromatic rings. The van der Waals surface area contributed by atoms with Crippen molar-refractivity contribution in [1.29, 1.82) is 0 Å². The highest BCUT2D eigenvalue weighted by Gasteiger charge is 2.18. The summed E-state index contributed by atoms with van der Waals surface area (Å²) in [6.45, 7) is 4.58. The Labute approximate surface area is 113 Å². The number of ether oxygens (including phenoxy) is 2. The SMILES string of the molecule is COC(C)(C)CCOCc1ccc(F)cc1B(O)O. The average Bonchev–Trinajstić information content (AvgIpc) is 2.36. The molecule has 19 heavy (non-hydrogen) atoms. The standard InChI is InChI=1S/C13H20BFO4/c1-13(2,18-3)6-7-19-9-10-4-5-11(15)8-12(10)14(16)17/h4-5,8,16-17H,6-7,9H2,1-3H3. The van der Waals surface area contributed by atoms with Crippen LogP contribution in [0.25, 0.3) is 0 Å². The first-order chi connectivity index (χ1) is 8.85. The van der Waals surface area contributed by atoms with Gasteiger partial charge in [0.1, 0.15) is 5.82 Å². The Morgan fingerprint density at radius 2 is 2.00 bits per heavy atom. The molecule has 0 fully saturated rings. The van der Waals surface area contributed by atoms with Crippen molar-refractivity contribution in [2.24, 2.45) is 0 Å². The van der Waals surface area contributed by atoms with Gasteiger partial charge in [-0.1, -0.05) is 6.07 Å². The van der Waals surface area contributed by atoms with Crippen LogP contribution in [-0.2, 0) is 16.1 Å². The van der Waals surface area contributed by atoms with E-state index in [1.54, 1.807) is 7.11 Å². The molecular weight excluding hydrogens is 250 g/mol. The van der Waals surface area contributed by atoms with E-state index in [9.17, 15) is 4.39 Å². The summed E-state index contributed by atoms with van der Waals surface area (Å²) in [5, 5.41) is 18.3. The fraction of sp³-hybridized carbons (Fsp3) is 0.538. The van der Waals surface area contributed by atoms with E-state index in [4.69, 9.17) is 19.5 Å². The molecule has 0 aliphatic heterocycles. The predicted molar refractivity (Wildman–Crippen MR) is 71.6 cm³/mol. The molecule has 0 saturated heterocycles. The molecule has 0 spiro atoms. The van der Waals surface area contributed by atoms with Crippen LogP contribution in [0.1, 0.15) is 25.8 Å². The molecule has 0 radical (unpaired) electrons. The Hall–Kier alpha value is -0.945. The summed E-state index contributed by atoms with van der Waals surface area (Å²) in [6.07, 6.45) is 0.710. The molecule has 1 aromatic carbocycles. The fourth-order valence-corrected chi connectivity index (χ4v) is 1.54. The Bertz CT molecular complexity index is 410. The molecule has 0 bridgehead atoms. The Morgan fingerprint density at radius 1 is 1.32 bits per heavy atom. The maximum absolute atomic E-state index is 13.0. The van der Waals surface area contributed by atoms with Gasteiger partial charge in [-0.3, -0.25) is 0 Å². The lowest BCUT2D eigenvalue weighted by molar-refractivity contribution is -0.0124. The van der Waals surface area contributed by atoms with Crippen LogP contribution in [0.3, 0.4) is 0 Å². The Balaban J connectivity index is 2.54. The van der Waals surface area contributed by atoms with E-state index < -0.39 is 12.9 Å². The normalized spacial score (nSPS) is 11.7. The molecule has 0 heterocycles. The van der Waals surface area contributed by atoms with E-state index in [2.05, 4.69) is 0 Å². The zero-order valence-electron chi connectivity index (χ0n) is 11.5. The largest absolute Gasteiger partial charge is 0.488 e. The smallest absolute Gasteiger partial charge is 0.423 e. The second-order valence-electron chi connectivity index (χ2n) is 4.98. The van der Waals surface area contributed by atoms with Crippen molar-refractivity contribution in [2.75, 3.05) is 13.7 Å². The fourth-order valence-electron chi connectivity index (χ4n) is 1.54. The number of rotatable bonds is 7. The van der Waals surface area contributed by atoms with Crippen molar-refractivity contribution in [3.63, 3.8) is 0 Å². The summed E-state index contributed by atoms with van der Waals surface area (Å²) < 4.78 is 23.7. The number of halogens is 1. The lowest BCUT2D eigenvalue weighted by Gasteiger charge is -2.22. The summed E-state index contributed by atoms with van der Waals surface area (Å²) in [6, 6.07) is 3.86. The van der Waals surface area contributed by atoms with Crippen LogP contribution in [0.15, 0.2) is 18.2 Å². The van der Waals surface area contributed by atoms with Crippen molar-refractivity contribution in [3.05, 3.63) is 29.6 Å². The average molecular weight is 270 g/mol. The van der Waals surface area contributed by atoms with Gasteiger partial charge in [0.05, 0.1) is 12.2 Å². The van der Waals surface area contributed by atoms with E-state index in [-0.39, 0.29) is 17.7 Å². The minimum absolute atomic E-state index is 0.131.